The molecule has 0 saturated heterocycles. The first-order chi connectivity index (χ1) is 6.33. The molecule has 0 spiro atoms. The third-order valence-electron chi connectivity index (χ3n) is 2.12. The highest BCUT2D eigenvalue weighted by Crippen LogP contribution is 2.34. The van der Waals surface area contributed by atoms with Crippen LogP contribution < -0.4 is 0 Å². The predicted molar refractivity (Wildman–Crippen MR) is 59.9 cm³/mol. The zero-order valence-corrected chi connectivity index (χ0v) is 9.71. The van der Waals surface area contributed by atoms with Crippen molar-refractivity contribution in [1.29, 1.82) is 0 Å². The monoisotopic (exact) mass is 200 g/mol. The smallest absolute Gasteiger partial charge is 0.156 e. The molecule has 0 heterocycles. The van der Waals surface area contributed by atoms with Crippen LogP contribution >= 0.6 is 0 Å². The third kappa shape index (κ3) is 9.75. The van der Waals surface area contributed by atoms with E-state index in [-0.39, 0.29) is 0 Å². The molecule has 1 aliphatic carbocycles. The average Bonchev–Trinajstić information content (AvgIpc) is 1.92. The molecule has 0 radical (unpaired) electrons. The fourth-order valence-electron chi connectivity index (χ4n) is 1.45. The van der Waals surface area contributed by atoms with Gasteiger partial charge >= 0.3 is 0 Å². The van der Waals surface area contributed by atoms with Gasteiger partial charge < -0.3 is 10.2 Å². The van der Waals surface area contributed by atoms with Crippen LogP contribution in [0.5, 0.6) is 0 Å². The Hall–Kier alpha value is -0.340. The second kappa shape index (κ2) is 6.20. The number of hydrogen-bond donors (Lipinski definition) is 2. The zero-order chi connectivity index (χ0) is 11.2. The van der Waals surface area contributed by atoms with Gasteiger partial charge in [-0.15, -0.1) is 0 Å². The van der Waals surface area contributed by atoms with Gasteiger partial charge in [-0.2, -0.15) is 0 Å². The van der Waals surface area contributed by atoms with Gasteiger partial charge in [0, 0.05) is 0 Å². The van der Waals surface area contributed by atoms with E-state index >= 15 is 0 Å². The minimum Gasteiger partial charge on any atom is -0.366 e. The fraction of sp³-hybridized carbons (Fsp3) is 0.833. The topological polar surface area (TPSA) is 40.5 Å². The van der Waals surface area contributed by atoms with Gasteiger partial charge in [0.15, 0.2) is 5.79 Å². The molecular weight excluding hydrogens is 176 g/mol. The maximum absolute atomic E-state index is 8.08. The quantitative estimate of drug-likeness (QED) is 0.543. The minimum absolute atomic E-state index is 1.01. The highest BCUT2D eigenvalue weighted by atomic mass is 16.5. The second-order valence-corrected chi connectivity index (χ2v) is 4.66. The number of hydrogen-bond acceptors (Lipinski definition) is 2. The Bertz CT molecular complexity index is 154. The number of unbranched alkanes of at least 4 members (excludes halogenated alkanes) is 1. The molecule has 0 aliphatic heterocycles. The van der Waals surface area contributed by atoms with Gasteiger partial charge in [0.25, 0.3) is 0 Å². The van der Waals surface area contributed by atoms with E-state index in [9.17, 15) is 0 Å². The highest BCUT2D eigenvalue weighted by Gasteiger charge is 2.19. The van der Waals surface area contributed by atoms with Crippen LogP contribution in [0.2, 0.25) is 0 Å². The van der Waals surface area contributed by atoms with Gasteiger partial charge in [-0.3, -0.25) is 0 Å². The molecule has 14 heavy (non-hydrogen) atoms. The molecule has 0 aromatic heterocycles. The second-order valence-electron chi connectivity index (χ2n) is 4.66. The van der Waals surface area contributed by atoms with Crippen molar-refractivity contribution in [2.24, 2.45) is 5.92 Å². The Morgan fingerprint density at radius 2 is 1.79 bits per heavy atom. The van der Waals surface area contributed by atoms with Gasteiger partial charge in [-0.1, -0.05) is 31.9 Å². The van der Waals surface area contributed by atoms with Crippen molar-refractivity contribution in [3.63, 3.8) is 0 Å². The van der Waals surface area contributed by atoms with E-state index in [1.165, 1.54) is 51.5 Å². The van der Waals surface area contributed by atoms with Gasteiger partial charge in [0.05, 0.1) is 0 Å². The van der Waals surface area contributed by atoms with E-state index in [2.05, 4.69) is 13.5 Å². The highest BCUT2D eigenvalue weighted by molar-refractivity contribution is 5.07. The van der Waals surface area contributed by atoms with E-state index in [1.54, 1.807) is 0 Å². The molecule has 0 unspecified atom stereocenters. The molecular formula is C12H24O2. The van der Waals surface area contributed by atoms with Gasteiger partial charge in [0.2, 0.25) is 0 Å². The van der Waals surface area contributed by atoms with E-state index in [4.69, 9.17) is 10.2 Å². The summed E-state index contributed by atoms with van der Waals surface area (Å²) in [6.45, 7) is 8.77. The summed E-state index contributed by atoms with van der Waals surface area (Å²) in [5, 5.41) is 16.2. The molecule has 0 aromatic rings. The zero-order valence-electron chi connectivity index (χ0n) is 9.71. The van der Waals surface area contributed by atoms with Crippen molar-refractivity contribution in [2.45, 2.75) is 58.7 Å². The van der Waals surface area contributed by atoms with E-state index in [1.807, 2.05) is 0 Å². The Balaban J connectivity index is 0.000000292. The molecule has 0 bridgehead atoms. The SMILES string of the molecule is C=C1CC(CCCC)C1.CC(C)(O)O. The summed E-state index contributed by atoms with van der Waals surface area (Å²) in [5.41, 5.74) is 1.47. The lowest BCUT2D eigenvalue weighted by Gasteiger charge is -2.27. The molecule has 1 fully saturated rings. The Kier molecular flexibility index (Phi) is 6.05. The molecule has 0 aromatic carbocycles. The lowest BCUT2D eigenvalue weighted by Crippen LogP contribution is -2.15. The first-order valence-corrected chi connectivity index (χ1v) is 5.44. The van der Waals surface area contributed by atoms with Crippen LogP contribution in [0.4, 0.5) is 0 Å². The molecule has 1 saturated carbocycles. The van der Waals surface area contributed by atoms with E-state index < -0.39 is 5.79 Å². The van der Waals surface area contributed by atoms with Crippen LogP contribution in [-0.4, -0.2) is 16.0 Å². The number of allylic oxidation sites excluding steroid dienone is 1. The maximum atomic E-state index is 8.08. The number of rotatable bonds is 3. The number of aliphatic hydroxyl groups is 2. The van der Waals surface area contributed by atoms with Crippen molar-refractivity contribution in [2.75, 3.05) is 0 Å². The van der Waals surface area contributed by atoms with E-state index in [0.29, 0.717) is 0 Å². The van der Waals surface area contributed by atoms with Crippen molar-refractivity contribution < 1.29 is 10.2 Å². The van der Waals surface area contributed by atoms with Crippen LogP contribution in [0.1, 0.15) is 52.9 Å². The largest absolute Gasteiger partial charge is 0.366 e. The van der Waals surface area contributed by atoms with Gasteiger partial charge in [0.1, 0.15) is 0 Å². The molecule has 1 rings (SSSR count). The average molecular weight is 200 g/mol. The summed E-state index contributed by atoms with van der Waals surface area (Å²) in [6.07, 6.45) is 6.84. The van der Waals surface area contributed by atoms with Crippen molar-refractivity contribution in [3.8, 4) is 0 Å². The maximum Gasteiger partial charge on any atom is 0.156 e. The first kappa shape index (κ1) is 13.7. The predicted octanol–water partition coefficient (Wildman–Crippen LogP) is 2.85. The molecule has 84 valence electrons. The standard InChI is InChI=1S/C9H16.C3H8O2/c1-3-4-5-9-6-8(2)7-9;1-3(2,4)5/h9H,2-7H2,1H3;4-5H,1-2H3. The van der Waals surface area contributed by atoms with E-state index in [0.717, 1.165) is 5.92 Å². The van der Waals surface area contributed by atoms with Crippen LogP contribution in [0.15, 0.2) is 12.2 Å². The summed E-state index contributed by atoms with van der Waals surface area (Å²) >= 11 is 0. The summed E-state index contributed by atoms with van der Waals surface area (Å²) in [4.78, 5) is 0. The van der Waals surface area contributed by atoms with Crippen LogP contribution in [0.25, 0.3) is 0 Å². The molecule has 1 aliphatic rings. The van der Waals surface area contributed by atoms with Gasteiger partial charge in [-0.05, 0) is 39.0 Å². The summed E-state index contributed by atoms with van der Waals surface area (Å²) in [7, 11) is 0. The Morgan fingerprint density at radius 1 is 1.36 bits per heavy atom. The van der Waals surface area contributed by atoms with Crippen LogP contribution in [0, 0.1) is 5.92 Å². The lowest BCUT2D eigenvalue weighted by molar-refractivity contribution is -0.127. The van der Waals surface area contributed by atoms with Crippen molar-refractivity contribution in [3.05, 3.63) is 12.2 Å². The fourth-order valence-corrected chi connectivity index (χ4v) is 1.45. The molecule has 2 nitrogen and oxygen atoms in total. The van der Waals surface area contributed by atoms with Crippen LogP contribution in [-0.2, 0) is 0 Å². The Labute approximate surface area is 87.7 Å². The van der Waals surface area contributed by atoms with Crippen LogP contribution in [0.3, 0.4) is 0 Å². The normalized spacial score (nSPS) is 17.1. The molecule has 2 N–H and O–H groups in total. The summed E-state index contributed by atoms with van der Waals surface area (Å²) in [5.74, 6) is -0.488. The van der Waals surface area contributed by atoms with Crippen molar-refractivity contribution >= 4 is 0 Å². The van der Waals surface area contributed by atoms with Crippen molar-refractivity contribution in [1.82, 2.24) is 0 Å². The third-order valence-corrected chi connectivity index (χ3v) is 2.12. The Morgan fingerprint density at radius 3 is 2.07 bits per heavy atom. The minimum atomic E-state index is -1.50. The summed E-state index contributed by atoms with van der Waals surface area (Å²) < 4.78 is 0. The molecule has 0 atom stereocenters. The molecule has 0 amide bonds. The lowest BCUT2D eigenvalue weighted by atomic mass is 9.78. The summed E-state index contributed by atoms with van der Waals surface area (Å²) in [6, 6.07) is 0. The first-order valence-electron chi connectivity index (χ1n) is 5.44. The molecule has 2 heteroatoms. The van der Waals surface area contributed by atoms with Gasteiger partial charge in [-0.25, -0.2) is 0 Å².